The summed E-state index contributed by atoms with van der Waals surface area (Å²) in [4.78, 5) is 11.4. The molecule has 8 heteroatoms. The number of halogens is 1. The first-order chi connectivity index (χ1) is 7.53. The third kappa shape index (κ3) is 10.3. The molecular weight excluding hydrogens is 270 g/mol. The summed E-state index contributed by atoms with van der Waals surface area (Å²) in [5.41, 5.74) is -0.651. The number of rotatable bonds is 5. The van der Waals surface area contributed by atoms with Crippen LogP contribution in [0.25, 0.3) is 0 Å². The largest absolute Gasteiger partial charge is 0.444 e. The summed E-state index contributed by atoms with van der Waals surface area (Å²) in [6.45, 7) is 5.15. The fourth-order valence-corrected chi connectivity index (χ4v) is 2.16. The van der Waals surface area contributed by atoms with Crippen molar-refractivity contribution in [3.8, 4) is 0 Å². The van der Waals surface area contributed by atoms with Crippen LogP contribution in [-0.4, -0.2) is 45.6 Å². The Hall–Kier alpha value is -0.530. The van der Waals surface area contributed by atoms with Crippen LogP contribution in [0.5, 0.6) is 0 Å². The molecule has 0 aromatic heterocycles. The van der Waals surface area contributed by atoms with Gasteiger partial charge in [-0.15, -0.1) is 0 Å². The molecule has 17 heavy (non-hydrogen) atoms. The van der Waals surface area contributed by atoms with E-state index in [9.17, 15) is 13.2 Å². The molecule has 0 aromatic rings. The highest BCUT2D eigenvalue weighted by Gasteiger charge is 2.22. The highest BCUT2D eigenvalue weighted by molar-refractivity contribution is 8.13. The summed E-state index contributed by atoms with van der Waals surface area (Å²) in [6, 6.07) is -0.739. The number of ether oxygens (including phenoxy) is 2. The van der Waals surface area contributed by atoms with E-state index < -0.39 is 32.5 Å². The van der Waals surface area contributed by atoms with E-state index in [0.717, 1.165) is 0 Å². The molecule has 0 aromatic carbocycles. The zero-order chi connectivity index (χ0) is 13.7. The zero-order valence-corrected chi connectivity index (χ0v) is 11.9. The SMILES string of the molecule is COCC(CS(=O)(=O)Cl)NC(=O)OC(C)(C)C. The summed E-state index contributed by atoms with van der Waals surface area (Å²) in [7, 11) is 2.79. The second kappa shape index (κ2) is 6.42. The van der Waals surface area contributed by atoms with Gasteiger partial charge in [0.1, 0.15) is 5.60 Å². The van der Waals surface area contributed by atoms with Crippen molar-refractivity contribution in [3.05, 3.63) is 0 Å². The number of hydrogen-bond acceptors (Lipinski definition) is 5. The number of amides is 1. The lowest BCUT2D eigenvalue weighted by atomic mass is 10.2. The average Bonchev–Trinajstić information content (AvgIpc) is 1.95. The van der Waals surface area contributed by atoms with Gasteiger partial charge in [0.25, 0.3) is 0 Å². The predicted molar refractivity (Wildman–Crippen MR) is 64.7 cm³/mol. The fraction of sp³-hybridized carbons (Fsp3) is 0.889. The molecule has 0 aliphatic rings. The molecule has 0 saturated carbocycles. The van der Waals surface area contributed by atoms with Crippen molar-refractivity contribution >= 4 is 25.8 Å². The molecule has 1 N–H and O–H groups in total. The number of methoxy groups -OCH3 is 1. The number of alkyl carbamates (subject to hydrolysis) is 1. The van der Waals surface area contributed by atoms with Crippen molar-refractivity contribution < 1.29 is 22.7 Å². The molecule has 102 valence electrons. The topological polar surface area (TPSA) is 81.7 Å². The van der Waals surface area contributed by atoms with E-state index in [0.29, 0.717) is 0 Å². The molecule has 6 nitrogen and oxygen atoms in total. The van der Waals surface area contributed by atoms with E-state index in [-0.39, 0.29) is 6.61 Å². The molecule has 0 fully saturated rings. The van der Waals surface area contributed by atoms with Gasteiger partial charge in [0.2, 0.25) is 9.05 Å². The molecule has 0 aliphatic carbocycles. The third-order valence-electron chi connectivity index (χ3n) is 1.49. The normalized spacial score (nSPS) is 14.2. The average molecular weight is 288 g/mol. The molecule has 1 atom stereocenters. The summed E-state index contributed by atoms with van der Waals surface area (Å²) in [6.07, 6.45) is -0.708. The van der Waals surface area contributed by atoms with Crippen LogP contribution in [0.4, 0.5) is 4.79 Å². The summed E-state index contributed by atoms with van der Waals surface area (Å²) >= 11 is 0. The maximum absolute atomic E-state index is 11.4. The van der Waals surface area contributed by atoms with Gasteiger partial charge in [0, 0.05) is 17.8 Å². The first-order valence-corrected chi connectivity index (χ1v) is 7.42. The van der Waals surface area contributed by atoms with Gasteiger partial charge in [-0.05, 0) is 20.8 Å². The lowest BCUT2D eigenvalue weighted by Crippen LogP contribution is -2.44. The van der Waals surface area contributed by atoms with E-state index in [2.05, 4.69) is 5.32 Å². The van der Waals surface area contributed by atoms with Gasteiger partial charge in [-0.25, -0.2) is 13.2 Å². The minimum atomic E-state index is -3.71. The van der Waals surface area contributed by atoms with Crippen LogP contribution in [0.2, 0.25) is 0 Å². The van der Waals surface area contributed by atoms with E-state index in [4.69, 9.17) is 20.2 Å². The van der Waals surface area contributed by atoms with Gasteiger partial charge in [-0.3, -0.25) is 0 Å². The van der Waals surface area contributed by atoms with Crippen molar-refractivity contribution in [2.24, 2.45) is 0 Å². The monoisotopic (exact) mass is 287 g/mol. The maximum atomic E-state index is 11.4. The third-order valence-corrected chi connectivity index (χ3v) is 2.67. The van der Waals surface area contributed by atoms with Gasteiger partial charge in [-0.2, -0.15) is 0 Å². The van der Waals surface area contributed by atoms with Gasteiger partial charge in [0.05, 0.1) is 18.4 Å². The maximum Gasteiger partial charge on any atom is 0.407 e. The standard InChI is InChI=1S/C9H18ClNO5S/c1-9(2,3)16-8(12)11-7(5-15-4)6-17(10,13)14/h7H,5-6H2,1-4H3,(H,11,12). The summed E-state index contributed by atoms with van der Waals surface area (Å²) < 4.78 is 31.6. The summed E-state index contributed by atoms with van der Waals surface area (Å²) in [5.74, 6) is -0.415. The Kier molecular flexibility index (Phi) is 6.22. The second-order valence-electron chi connectivity index (χ2n) is 4.50. The first kappa shape index (κ1) is 16.5. The van der Waals surface area contributed by atoms with Gasteiger partial charge in [0.15, 0.2) is 0 Å². The Morgan fingerprint density at radius 3 is 2.29 bits per heavy atom. The first-order valence-electron chi connectivity index (χ1n) is 4.94. The fourth-order valence-electron chi connectivity index (χ4n) is 1.05. The molecule has 1 unspecified atom stereocenters. The van der Waals surface area contributed by atoms with Crippen LogP contribution in [0.1, 0.15) is 20.8 Å². The smallest absolute Gasteiger partial charge is 0.407 e. The highest BCUT2D eigenvalue weighted by Crippen LogP contribution is 2.07. The zero-order valence-electron chi connectivity index (χ0n) is 10.3. The van der Waals surface area contributed by atoms with E-state index in [1.807, 2.05) is 0 Å². The van der Waals surface area contributed by atoms with Crippen molar-refractivity contribution in [1.82, 2.24) is 5.32 Å². The van der Waals surface area contributed by atoms with Crippen LogP contribution in [-0.2, 0) is 18.5 Å². The number of carbonyl (C=O) groups is 1. The van der Waals surface area contributed by atoms with Crippen molar-refractivity contribution in [3.63, 3.8) is 0 Å². The van der Waals surface area contributed by atoms with E-state index >= 15 is 0 Å². The molecule has 0 bridgehead atoms. The van der Waals surface area contributed by atoms with Crippen molar-refractivity contribution in [2.45, 2.75) is 32.4 Å². The summed E-state index contributed by atoms with van der Waals surface area (Å²) in [5, 5.41) is 2.38. The van der Waals surface area contributed by atoms with Crippen molar-refractivity contribution in [2.75, 3.05) is 19.5 Å². The van der Waals surface area contributed by atoms with E-state index in [1.165, 1.54) is 7.11 Å². The molecule has 0 radical (unpaired) electrons. The van der Waals surface area contributed by atoms with Crippen molar-refractivity contribution in [1.29, 1.82) is 0 Å². The minimum absolute atomic E-state index is 0.0329. The molecule has 0 spiro atoms. The van der Waals surface area contributed by atoms with Crippen LogP contribution >= 0.6 is 10.7 Å². The van der Waals surface area contributed by atoms with Gasteiger partial charge < -0.3 is 14.8 Å². The molecule has 0 heterocycles. The quantitative estimate of drug-likeness (QED) is 0.766. The van der Waals surface area contributed by atoms with Crippen LogP contribution in [0.15, 0.2) is 0 Å². The van der Waals surface area contributed by atoms with Crippen LogP contribution < -0.4 is 5.32 Å². The minimum Gasteiger partial charge on any atom is -0.444 e. The Morgan fingerprint density at radius 2 is 1.94 bits per heavy atom. The Morgan fingerprint density at radius 1 is 1.41 bits per heavy atom. The Bertz CT molecular complexity index is 349. The lowest BCUT2D eigenvalue weighted by molar-refractivity contribution is 0.0479. The Labute approximate surface area is 106 Å². The lowest BCUT2D eigenvalue weighted by Gasteiger charge is -2.22. The molecule has 0 saturated heterocycles. The van der Waals surface area contributed by atoms with Crippen LogP contribution in [0.3, 0.4) is 0 Å². The van der Waals surface area contributed by atoms with Gasteiger partial charge in [-0.1, -0.05) is 0 Å². The molecule has 0 rings (SSSR count). The van der Waals surface area contributed by atoms with E-state index in [1.54, 1.807) is 20.8 Å². The van der Waals surface area contributed by atoms with Gasteiger partial charge >= 0.3 is 6.09 Å². The molecule has 1 amide bonds. The predicted octanol–water partition coefficient (Wildman–Crippen LogP) is 1.09. The second-order valence-corrected chi connectivity index (χ2v) is 7.33. The Balaban J connectivity index is 4.40. The highest BCUT2D eigenvalue weighted by atomic mass is 35.7. The van der Waals surface area contributed by atoms with Crippen LogP contribution in [0, 0.1) is 0 Å². The number of nitrogens with one attached hydrogen (secondary N) is 1. The number of hydrogen-bond donors (Lipinski definition) is 1. The number of carbonyl (C=O) groups excluding carboxylic acids is 1. The molecular formula is C9H18ClNO5S. The molecule has 0 aliphatic heterocycles.